The average molecular weight is 275 g/mol. The number of carbonyl (C=O) groups is 1. The van der Waals surface area contributed by atoms with Crippen molar-refractivity contribution in [1.29, 1.82) is 0 Å². The molecule has 3 N–H and O–H groups in total. The SMILES string of the molecule is CC(CC(=O)N[C@@H](C)CN)c1cccc(F)c1.Cl. The van der Waals surface area contributed by atoms with E-state index >= 15 is 0 Å². The number of amides is 1. The zero-order chi connectivity index (χ0) is 12.8. The van der Waals surface area contributed by atoms with Gasteiger partial charge in [0.25, 0.3) is 0 Å². The Bertz CT molecular complexity index is 387. The van der Waals surface area contributed by atoms with E-state index in [-0.39, 0.29) is 36.1 Å². The van der Waals surface area contributed by atoms with Gasteiger partial charge in [-0.15, -0.1) is 12.4 Å². The van der Waals surface area contributed by atoms with E-state index in [1.165, 1.54) is 12.1 Å². The molecule has 3 nitrogen and oxygen atoms in total. The molecular weight excluding hydrogens is 255 g/mol. The van der Waals surface area contributed by atoms with Crippen molar-refractivity contribution in [1.82, 2.24) is 5.32 Å². The number of rotatable bonds is 5. The first-order valence-electron chi connectivity index (χ1n) is 5.77. The molecule has 1 rings (SSSR count). The quantitative estimate of drug-likeness (QED) is 0.865. The molecule has 102 valence electrons. The highest BCUT2D eigenvalue weighted by Gasteiger charge is 2.13. The summed E-state index contributed by atoms with van der Waals surface area (Å²) in [7, 11) is 0. The van der Waals surface area contributed by atoms with Crippen molar-refractivity contribution in [2.45, 2.75) is 32.2 Å². The van der Waals surface area contributed by atoms with Crippen LogP contribution in [0.25, 0.3) is 0 Å². The Labute approximate surface area is 113 Å². The monoisotopic (exact) mass is 274 g/mol. The molecular formula is C13H20ClFN2O. The topological polar surface area (TPSA) is 55.1 Å². The summed E-state index contributed by atoms with van der Waals surface area (Å²) < 4.78 is 13.0. The normalized spacial score (nSPS) is 13.3. The summed E-state index contributed by atoms with van der Waals surface area (Å²) in [5.74, 6) is -0.333. The van der Waals surface area contributed by atoms with Gasteiger partial charge in [0.1, 0.15) is 5.82 Å². The van der Waals surface area contributed by atoms with E-state index in [1.54, 1.807) is 6.07 Å². The van der Waals surface area contributed by atoms with Crippen molar-refractivity contribution in [2.24, 2.45) is 5.73 Å². The summed E-state index contributed by atoms with van der Waals surface area (Å²) in [6.07, 6.45) is 0.341. The maximum atomic E-state index is 13.0. The maximum Gasteiger partial charge on any atom is 0.220 e. The maximum absolute atomic E-state index is 13.0. The third-order valence-electron chi connectivity index (χ3n) is 2.67. The lowest BCUT2D eigenvalue weighted by molar-refractivity contribution is -0.121. The van der Waals surface area contributed by atoms with E-state index < -0.39 is 0 Å². The predicted molar refractivity (Wildman–Crippen MR) is 73.3 cm³/mol. The molecule has 0 saturated carbocycles. The van der Waals surface area contributed by atoms with E-state index in [0.717, 1.165) is 5.56 Å². The Morgan fingerprint density at radius 3 is 2.67 bits per heavy atom. The van der Waals surface area contributed by atoms with Gasteiger partial charge in [-0.3, -0.25) is 4.79 Å². The first-order chi connectivity index (χ1) is 8.02. The summed E-state index contributed by atoms with van der Waals surface area (Å²) in [6.45, 7) is 4.17. The molecule has 0 aromatic heterocycles. The summed E-state index contributed by atoms with van der Waals surface area (Å²) in [5, 5.41) is 2.79. The summed E-state index contributed by atoms with van der Waals surface area (Å²) in [5.41, 5.74) is 6.25. The van der Waals surface area contributed by atoms with Gasteiger partial charge in [-0.1, -0.05) is 19.1 Å². The van der Waals surface area contributed by atoms with Gasteiger partial charge in [0.05, 0.1) is 0 Å². The molecule has 2 atom stereocenters. The molecule has 0 aliphatic heterocycles. The number of nitrogens with two attached hydrogens (primary N) is 1. The summed E-state index contributed by atoms with van der Waals surface area (Å²) in [6, 6.07) is 6.31. The van der Waals surface area contributed by atoms with Crippen LogP contribution in [0, 0.1) is 5.82 Å². The van der Waals surface area contributed by atoms with Gasteiger partial charge in [0, 0.05) is 19.0 Å². The van der Waals surface area contributed by atoms with E-state index in [1.807, 2.05) is 19.9 Å². The van der Waals surface area contributed by atoms with Crippen LogP contribution < -0.4 is 11.1 Å². The van der Waals surface area contributed by atoms with Crippen LogP contribution in [-0.4, -0.2) is 18.5 Å². The summed E-state index contributed by atoms with van der Waals surface area (Å²) >= 11 is 0. The zero-order valence-electron chi connectivity index (χ0n) is 10.7. The van der Waals surface area contributed by atoms with Crippen molar-refractivity contribution in [3.05, 3.63) is 35.6 Å². The van der Waals surface area contributed by atoms with E-state index in [2.05, 4.69) is 5.32 Å². The third kappa shape index (κ3) is 5.47. The molecule has 1 aromatic rings. The van der Waals surface area contributed by atoms with Gasteiger partial charge in [0.2, 0.25) is 5.91 Å². The number of halogens is 2. The van der Waals surface area contributed by atoms with Crippen LogP contribution in [0.3, 0.4) is 0 Å². The fraction of sp³-hybridized carbons (Fsp3) is 0.462. The first-order valence-corrected chi connectivity index (χ1v) is 5.77. The molecule has 0 bridgehead atoms. The Hall–Kier alpha value is -1.13. The lowest BCUT2D eigenvalue weighted by Crippen LogP contribution is -2.38. The fourth-order valence-electron chi connectivity index (χ4n) is 1.60. The Morgan fingerprint density at radius 2 is 2.11 bits per heavy atom. The van der Waals surface area contributed by atoms with Gasteiger partial charge in [-0.05, 0) is 30.5 Å². The standard InChI is InChI=1S/C13H19FN2O.ClH/c1-9(6-13(17)16-10(2)8-15)11-4-3-5-12(14)7-11;/h3-5,7,9-10H,6,8,15H2,1-2H3,(H,16,17);1H/t9?,10-;/m0./s1. The lowest BCUT2D eigenvalue weighted by Gasteiger charge is -2.15. The van der Waals surface area contributed by atoms with Crippen LogP contribution in [0.5, 0.6) is 0 Å². The third-order valence-corrected chi connectivity index (χ3v) is 2.67. The minimum Gasteiger partial charge on any atom is -0.352 e. The Kier molecular flexibility index (Phi) is 7.55. The second-order valence-electron chi connectivity index (χ2n) is 4.36. The molecule has 5 heteroatoms. The van der Waals surface area contributed by atoms with Gasteiger partial charge >= 0.3 is 0 Å². The molecule has 0 fully saturated rings. The second-order valence-corrected chi connectivity index (χ2v) is 4.36. The molecule has 1 amide bonds. The predicted octanol–water partition coefficient (Wildman–Crippen LogP) is 2.20. The molecule has 0 aliphatic rings. The van der Waals surface area contributed by atoms with E-state index in [0.29, 0.717) is 13.0 Å². The van der Waals surface area contributed by atoms with Gasteiger partial charge in [-0.25, -0.2) is 4.39 Å². The molecule has 0 aliphatic carbocycles. The Balaban J connectivity index is 0.00000289. The smallest absolute Gasteiger partial charge is 0.220 e. The molecule has 0 radical (unpaired) electrons. The van der Waals surface area contributed by atoms with Gasteiger partial charge in [-0.2, -0.15) is 0 Å². The van der Waals surface area contributed by atoms with Crippen LogP contribution in [0.15, 0.2) is 24.3 Å². The number of hydrogen-bond acceptors (Lipinski definition) is 2. The number of nitrogens with one attached hydrogen (secondary N) is 1. The molecule has 18 heavy (non-hydrogen) atoms. The van der Waals surface area contributed by atoms with Gasteiger partial charge < -0.3 is 11.1 Å². The van der Waals surface area contributed by atoms with Crippen molar-refractivity contribution >= 4 is 18.3 Å². The number of hydrogen-bond donors (Lipinski definition) is 2. The lowest BCUT2D eigenvalue weighted by atomic mass is 9.97. The van der Waals surface area contributed by atoms with Crippen LogP contribution in [0.4, 0.5) is 4.39 Å². The minimum atomic E-state index is -0.273. The zero-order valence-corrected chi connectivity index (χ0v) is 11.5. The van der Waals surface area contributed by atoms with Crippen LogP contribution >= 0.6 is 12.4 Å². The second kappa shape index (κ2) is 8.06. The van der Waals surface area contributed by atoms with Crippen LogP contribution in [0.2, 0.25) is 0 Å². The van der Waals surface area contributed by atoms with Crippen molar-refractivity contribution in [2.75, 3.05) is 6.54 Å². The molecule has 1 aromatic carbocycles. The Morgan fingerprint density at radius 1 is 1.44 bits per heavy atom. The average Bonchev–Trinajstić information content (AvgIpc) is 2.28. The summed E-state index contributed by atoms with van der Waals surface area (Å²) in [4.78, 5) is 11.6. The molecule has 0 heterocycles. The highest BCUT2D eigenvalue weighted by atomic mass is 35.5. The van der Waals surface area contributed by atoms with Gasteiger partial charge in [0.15, 0.2) is 0 Å². The van der Waals surface area contributed by atoms with Crippen molar-refractivity contribution < 1.29 is 9.18 Å². The largest absolute Gasteiger partial charge is 0.352 e. The number of carbonyl (C=O) groups excluding carboxylic acids is 1. The molecule has 1 unspecified atom stereocenters. The highest BCUT2D eigenvalue weighted by Crippen LogP contribution is 2.19. The minimum absolute atomic E-state index is 0. The number of benzene rings is 1. The molecule has 0 spiro atoms. The van der Waals surface area contributed by atoms with Crippen LogP contribution in [0.1, 0.15) is 31.7 Å². The van der Waals surface area contributed by atoms with Crippen LogP contribution in [-0.2, 0) is 4.79 Å². The highest BCUT2D eigenvalue weighted by molar-refractivity contribution is 5.85. The fourth-order valence-corrected chi connectivity index (χ4v) is 1.60. The van der Waals surface area contributed by atoms with E-state index in [9.17, 15) is 9.18 Å². The van der Waals surface area contributed by atoms with Crippen molar-refractivity contribution in [3.8, 4) is 0 Å². The molecule has 0 saturated heterocycles. The van der Waals surface area contributed by atoms with E-state index in [4.69, 9.17) is 5.73 Å². The van der Waals surface area contributed by atoms with Crippen molar-refractivity contribution in [3.63, 3.8) is 0 Å². The first kappa shape index (κ1) is 16.9.